The van der Waals surface area contributed by atoms with E-state index in [1.54, 1.807) is 12.1 Å². The maximum absolute atomic E-state index is 12.2. The summed E-state index contributed by atoms with van der Waals surface area (Å²) in [6.07, 6.45) is 0.0766. The Morgan fingerprint density at radius 3 is 2.09 bits per heavy atom. The number of Topliss-reactive ketones (excluding diaryl/α,β-unsaturated/α-hetero) is 1. The standard InChI is InChI=1S/C18H19NO4/c20-11-10-16(17(22)12-21)19-18(23)15-8-6-14(7-9-15)13-4-2-1-3-5-13/h1-9,16,20-21H,10-12H2,(H,19,23). The Bertz CT molecular complexity index is 652. The molecule has 0 aliphatic heterocycles. The molecule has 5 nitrogen and oxygen atoms in total. The largest absolute Gasteiger partial charge is 0.396 e. The van der Waals surface area contributed by atoms with E-state index in [0.717, 1.165) is 11.1 Å². The molecule has 1 atom stereocenters. The molecular formula is C18H19NO4. The third-order valence-electron chi connectivity index (χ3n) is 3.52. The number of amides is 1. The molecule has 2 rings (SSSR count). The average molecular weight is 313 g/mol. The number of nitrogens with one attached hydrogen (secondary N) is 1. The molecule has 23 heavy (non-hydrogen) atoms. The third kappa shape index (κ3) is 4.48. The van der Waals surface area contributed by atoms with Gasteiger partial charge in [-0.1, -0.05) is 42.5 Å². The van der Waals surface area contributed by atoms with E-state index < -0.39 is 24.3 Å². The van der Waals surface area contributed by atoms with Gasteiger partial charge in [0.05, 0.1) is 6.04 Å². The van der Waals surface area contributed by atoms with Crippen LogP contribution in [0.1, 0.15) is 16.8 Å². The van der Waals surface area contributed by atoms with Crippen molar-refractivity contribution in [3.63, 3.8) is 0 Å². The molecule has 5 heteroatoms. The molecule has 0 radical (unpaired) electrons. The quantitative estimate of drug-likeness (QED) is 0.721. The molecule has 0 saturated carbocycles. The van der Waals surface area contributed by atoms with E-state index in [0.29, 0.717) is 5.56 Å². The van der Waals surface area contributed by atoms with E-state index in [9.17, 15) is 9.59 Å². The Hall–Kier alpha value is -2.50. The van der Waals surface area contributed by atoms with Gasteiger partial charge in [0.1, 0.15) is 6.61 Å². The van der Waals surface area contributed by atoms with Gasteiger partial charge in [-0.25, -0.2) is 0 Å². The number of carbonyl (C=O) groups is 2. The van der Waals surface area contributed by atoms with Crippen molar-refractivity contribution in [2.75, 3.05) is 13.2 Å². The van der Waals surface area contributed by atoms with Gasteiger partial charge >= 0.3 is 0 Å². The highest BCUT2D eigenvalue weighted by atomic mass is 16.3. The van der Waals surface area contributed by atoms with Crippen molar-refractivity contribution in [2.45, 2.75) is 12.5 Å². The number of aliphatic hydroxyl groups excluding tert-OH is 2. The summed E-state index contributed by atoms with van der Waals surface area (Å²) in [6, 6.07) is 15.9. The fourth-order valence-electron chi connectivity index (χ4n) is 2.24. The molecule has 0 heterocycles. The topological polar surface area (TPSA) is 86.6 Å². The predicted octanol–water partition coefficient (Wildman–Crippen LogP) is 1.40. The van der Waals surface area contributed by atoms with Gasteiger partial charge in [0.15, 0.2) is 5.78 Å². The minimum atomic E-state index is -0.883. The maximum Gasteiger partial charge on any atom is 0.251 e. The summed E-state index contributed by atoms with van der Waals surface area (Å²) in [6.45, 7) is -0.915. The van der Waals surface area contributed by atoms with E-state index in [4.69, 9.17) is 10.2 Å². The smallest absolute Gasteiger partial charge is 0.251 e. The summed E-state index contributed by atoms with van der Waals surface area (Å²) < 4.78 is 0. The van der Waals surface area contributed by atoms with E-state index in [-0.39, 0.29) is 13.0 Å². The van der Waals surface area contributed by atoms with Crippen LogP contribution in [-0.2, 0) is 4.79 Å². The molecule has 0 spiro atoms. The lowest BCUT2D eigenvalue weighted by Gasteiger charge is -2.15. The lowest BCUT2D eigenvalue weighted by atomic mass is 10.0. The zero-order chi connectivity index (χ0) is 16.7. The summed E-state index contributed by atoms with van der Waals surface area (Å²) >= 11 is 0. The van der Waals surface area contributed by atoms with Gasteiger partial charge in [-0.05, 0) is 29.7 Å². The second-order valence-electron chi connectivity index (χ2n) is 5.11. The van der Waals surface area contributed by atoms with Crippen LogP contribution in [-0.4, -0.2) is 41.2 Å². The van der Waals surface area contributed by atoms with Crippen LogP contribution in [0.4, 0.5) is 0 Å². The van der Waals surface area contributed by atoms with Crippen molar-refractivity contribution in [1.82, 2.24) is 5.32 Å². The number of hydrogen-bond donors (Lipinski definition) is 3. The molecular weight excluding hydrogens is 294 g/mol. The fraction of sp³-hybridized carbons (Fsp3) is 0.222. The summed E-state index contributed by atoms with van der Waals surface area (Å²) in [5.74, 6) is -0.932. The van der Waals surface area contributed by atoms with Crippen LogP contribution in [0.15, 0.2) is 54.6 Å². The summed E-state index contributed by atoms with van der Waals surface area (Å²) in [7, 11) is 0. The Morgan fingerprint density at radius 1 is 0.913 bits per heavy atom. The van der Waals surface area contributed by atoms with Gasteiger partial charge in [-0.2, -0.15) is 0 Å². The maximum atomic E-state index is 12.2. The minimum absolute atomic E-state index is 0.0766. The van der Waals surface area contributed by atoms with Crippen molar-refractivity contribution in [3.8, 4) is 11.1 Å². The molecule has 0 saturated heterocycles. The molecule has 0 bridgehead atoms. The van der Waals surface area contributed by atoms with Crippen LogP contribution in [0.3, 0.4) is 0 Å². The number of aliphatic hydroxyl groups is 2. The molecule has 2 aromatic carbocycles. The molecule has 0 fully saturated rings. The minimum Gasteiger partial charge on any atom is -0.396 e. The summed E-state index contributed by atoms with van der Waals surface area (Å²) in [5.41, 5.74) is 2.45. The number of rotatable bonds is 7. The Morgan fingerprint density at radius 2 is 1.52 bits per heavy atom. The van der Waals surface area contributed by atoms with Crippen LogP contribution in [0.25, 0.3) is 11.1 Å². The summed E-state index contributed by atoms with van der Waals surface area (Å²) in [4.78, 5) is 23.7. The number of carbonyl (C=O) groups excluding carboxylic acids is 2. The van der Waals surface area contributed by atoms with Gasteiger partial charge in [0.2, 0.25) is 0 Å². The number of benzene rings is 2. The molecule has 2 aromatic rings. The van der Waals surface area contributed by atoms with E-state index >= 15 is 0 Å². The van der Waals surface area contributed by atoms with Gasteiger partial charge in [-0.3, -0.25) is 9.59 Å². The van der Waals surface area contributed by atoms with Crippen molar-refractivity contribution < 1.29 is 19.8 Å². The first-order chi connectivity index (χ1) is 11.2. The van der Waals surface area contributed by atoms with Crippen LogP contribution in [0, 0.1) is 0 Å². The molecule has 120 valence electrons. The summed E-state index contributed by atoms with van der Waals surface area (Å²) in [5, 5.41) is 20.4. The Labute approximate surface area is 134 Å². The van der Waals surface area contributed by atoms with E-state index in [2.05, 4.69) is 5.32 Å². The van der Waals surface area contributed by atoms with Gasteiger partial charge in [-0.15, -0.1) is 0 Å². The van der Waals surface area contributed by atoms with E-state index in [1.807, 2.05) is 42.5 Å². The zero-order valence-electron chi connectivity index (χ0n) is 12.6. The fourth-order valence-corrected chi connectivity index (χ4v) is 2.24. The third-order valence-corrected chi connectivity index (χ3v) is 3.52. The first-order valence-electron chi connectivity index (χ1n) is 7.36. The molecule has 1 amide bonds. The van der Waals surface area contributed by atoms with Crippen LogP contribution >= 0.6 is 0 Å². The lowest BCUT2D eigenvalue weighted by molar-refractivity contribution is -0.124. The van der Waals surface area contributed by atoms with Crippen molar-refractivity contribution in [1.29, 1.82) is 0 Å². The molecule has 0 aliphatic rings. The predicted molar refractivity (Wildman–Crippen MR) is 86.9 cm³/mol. The SMILES string of the molecule is O=C(NC(CCO)C(=O)CO)c1ccc(-c2ccccc2)cc1. The normalized spacial score (nSPS) is 11.7. The zero-order valence-corrected chi connectivity index (χ0v) is 12.6. The monoisotopic (exact) mass is 313 g/mol. The van der Waals surface area contributed by atoms with Gasteiger partial charge < -0.3 is 15.5 Å². The molecule has 0 aromatic heterocycles. The number of ketones is 1. The van der Waals surface area contributed by atoms with Gasteiger partial charge in [0, 0.05) is 12.2 Å². The second-order valence-corrected chi connectivity index (χ2v) is 5.11. The van der Waals surface area contributed by atoms with E-state index in [1.165, 1.54) is 0 Å². The van der Waals surface area contributed by atoms with Crippen molar-refractivity contribution in [2.24, 2.45) is 0 Å². The van der Waals surface area contributed by atoms with Crippen LogP contribution < -0.4 is 5.32 Å². The highest BCUT2D eigenvalue weighted by molar-refractivity contribution is 5.98. The lowest BCUT2D eigenvalue weighted by Crippen LogP contribution is -2.42. The molecule has 3 N–H and O–H groups in total. The van der Waals surface area contributed by atoms with Crippen molar-refractivity contribution >= 4 is 11.7 Å². The molecule has 0 aliphatic carbocycles. The molecule has 1 unspecified atom stereocenters. The van der Waals surface area contributed by atoms with Crippen LogP contribution in [0.5, 0.6) is 0 Å². The average Bonchev–Trinajstić information content (AvgIpc) is 2.61. The highest BCUT2D eigenvalue weighted by Crippen LogP contribution is 2.19. The first-order valence-corrected chi connectivity index (χ1v) is 7.36. The van der Waals surface area contributed by atoms with Crippen LogP contribution in [0.2, 0.25) is 0 Å². The van der Waals surface area contributed by atoms with Crippen molar-refractivity contribution in [3.05, 3.63) is 60.2 Å². The Balaban J connectivity index is 2.09. The number of hydrogen-bond acceptors (Lipinski definition) is 4. The highest BCUT2D eigenvalue weighted by Gasteiger charge is 2.20. The van der Waals surface area contributed by atoms with Gasteiger partial charge in [0.25, 0.3) is 5.91 Å². The Kier molecular flexibility index (Phi) is 6.02. The second kappa shape index (κ2) is 8.22. The first kappa shape index (κ1) is 16.9.